The average molecular weight is 1220 g/mol. The number of hydroxylamine groups is 2. The van der Waals surface area contributed by atoms with Crippen LogP contribution in [0.4, 0.5) is 9.59 Å². The number of fused-ring (bicyclic) bond motifs is 4. The first-order valence-corrected chi connectivity index (χ1v) is 31.2. The van der Waals surface area contributed by atoms with Crippen LogP contribution in [0.1, 0.15) is 55.2 Å². The van der Waals surface area contributed by atoms with E-state index in [0.29, 0.717) is 103 Å². The second-order valence-electron chi connectivity index (χ2n) is 22.1. The van der Waals surface area contributed by atoms with E-state index >= 15 is 0 Å². The van der Waals surface area contributed by atoms with Gasteiger partial charge in [0.05, 0.1) is 86.2 Å². The van der Waals surface area contributed by atoms with Gasteiger partial charge in [-0.25, -0.2) is 18.0 Å². The Balaban J connectivity index is 0.000000168. The molecule has 4 aromatic rings. The number of hydrogen-bond acceptors (Lipinski definition) is 21. The van der Waals surface area contributed by atoms with E-state index in [9.17, 15) is 28.2 Å². The fourth-order valence-electron chi connectivity index (χ4n) is 11.1. The van der Waals surface area contributed by atoms with Crippen LogP contribution in [0.25, 0.3) is 0 Å². The van der Waals surface area contributed by atoms with Crippen molar-refractivity contribution in [3.63, 3.8) is 0 Å². The summed E-state index contributed by atoms with van der Waals surface area (Å²) < 4.78 is 94.8. The Kier molecular flexibility index (Phi) is 23.0. The van der Waals surface area contributed by atoms with Crippen molar-refractivity contribution in [3.05, 3.63) is 114 Å². The molecule has 12 rings (SSSR count). The molecule has 10 atom stereocenters. The first kappa shape index (κ1) is 63.1. The number of carbonyl (C=O) groups excluding carboxylic acids is 2. The molecule has 8 aliphatic rings. The van der Waals surface area contributed by atoms with Crippen molar-refractivity contribution >= 4 is 22.2 Å². The molecule has 8 heterocycles. The predicted molar refractivity (Wildman–Crippen MR) is 306 cm³/mol. The number of carbonyl (C=O) groups is 2. The summed E-state index contributed by atoms with van der Waals surface area (Å²) in [6.07, 6.45) is -0.618. The molecule has 0 aliphatic carbocycles. The van der Waals surface area contributed by atoms with E-state index in [1.807, 2.05) is 85.8 Å². The largest absolute Gasteiger partial charge is 0.486 e. The van der Waals surface area contributed by atoms with E-state index in [-0.39, 0.29) is 61.1 Å². The molecule has 2 amide bonds. The molecule has 0 saturated carbocycles. The number of alkyl carbamates (subject to hydrolysis) is 2. The van der Waals surface area contributed by atoms with Gasteiger partial charge >= 0.3 is 12.2 Å². The number of ether oxygens (including phenoxy) is 12. The topological polar surface area (TPSA) is 277 Å². The molecule has 6 fully saturated rings. The highest BCUT2D eigenvalue weighted by Crippen LogP contribution is 2.36. The summed E-state index contributed by atoms with van der Waals surface area (Å²) >= 11 is 0. The van der Waals surface area contributed by atoms with Gasteiger partial charge in [0, 0.05) is 39.0 Å². The van der Waals surface area contributed by atoms with E-state index in [1.54, 1.807) is 0 Å². The van der Waals surface area contributed by atoms with Gasteiger partial charge in [-0.2, -0.15) is 5.48 Å². The number of hydrogen-bond donors (Lipinski definition) is 5. The van der Waals surface area contributed by atoms with Crippen LogP contribution in [-0.2, 0) is 70.4 Å². The van der Waals surface area contributed by atoms with E-state index < -0.39 is 65.3 Å². The number of nitrogens with one attached hydrogen (secondary N) is 3. The molecule has 0 aromatic heterocycles. The molecule has 8 aliphatic heterocycles. The zero-order valence-electron chi connectivity index (χ0n) is 48.3. The summed E-state index contributed by atoms with van der Waals surface area (Å²) in [4.78, 5) is 37.3. The fraction of sp³-hybridized carbons (Fsp3) is 0.574. The van der Waals surface area contributed by atoms with Crippen molar-refractivity contribution in [2.24, 2.45) is 11.8 Å². The van der Waals surface area contributed by atoms with Crippen molar-refractivity contribution in [2.45, 2.75) is 124 Å². The number of rotatable bonds is 20. The maximum absolute atomic E-state index is 14.0. The lowest BCUT2D eigenvalue weighted by atomic mass is 10.0. The SMILES string of the molecule is Cc1ccc2c(c1)OCCO2.O=C(N[C@@H](Cc1ccccc1)[C@H](O)CN(OC1CCOCC1)S(=O)(=O)c1ccc2c(c1)OCCO2)OC1CO[C@H]2OCC[C@@H]12.O=C(N[C@@H](Cc1ccccc1)[C@H](O)CNOC1CCOCC1)OC1CO[C@H]2OCC[C@@H]12. The zero-order valence-corrected chi connectivity index (χ0v) is 49.1. The van der Waals surface area contributed by atoms with Crippen LogP contribution in [-0.4, -0.2) is 189 Å². The Morgan fingerprint density at radius 2 is 1.06 bits per heavy atom. The fourth-order valence-corrected chi connectivity index (χ4v) is 12.4. The van der Waals surface area contributed by atoms with Gasteiger partial charge in [-0.05, 0) is 99.2 Å². The lowest BCUT2D eigenvalue weighted by Crippen LogP contribution is -2.52. The highest BCUT2D eigenvalue weighted by molar-refractivity contribution is 7.89. The van der Waals surface area contributed by atoms with Gasteiger partial charge in [-0.15, -0.1) is 0 Å². The maximum atomic E-state index is 14.0. The summed E-state index contributed by atoms with van der Waals surface area (Å²) in [5.41, 5.74) is 5.90. The van der Waals surface area contributed by atoms with Crippen molar-refractivity contribution in [1.29, 1.82) is 0 Å². The number of aliphatic hydroxyl groups is 2. The smallest absolute Gasteiger partial charge is 0.407 e. The molecule has 86 heavy (non-hydrogen) atoms. The van der Waals surface area contributed by atoms with Crippen molar-refractivity contribution < 1.29 is 94.7 Å². The van der Waals surface area contributed by atoms with Gasteiger partial charge in [0.15, 0.2) is 35.6 Å². The normalized spacial score (nSPS) is 24.7. The van der Waals surface area contributed by atoms with Gasteiger partial charge in [0.25, 0.3) is 10.0 Å². The minimum Gasteiger partial charge on any atom is -0.486 e. The summed E-state index contributed by atoms with van der Waals surface area (Å²) in [6.45, 7) is 7.64. The molecule has 5 N–H and O–H groups in total. The molecule has 25 heteroatoms. The molecule has 0 spiro atoms. The Bertz CT molecular complexity index is 2870. The molecule has 24 nitrogen and oxygen atoms in total. The van der Waals surface area contributed by atoms with E-state index in [4.69, 9.17) is 66.5 Å². The van der Waals surface area contributed by atoms with Gasteiger partial charge < -0.3 is 77.7 Å². The van der Waals surface area contributed by atoms with E-state index in [0.717, 1.165) is 52.8 Å². The predicted octanol–water partition coefficient (Wildman–Crippen LogP) is 4.93. The van der Waals surface area contributed by atoms with Crippen LogP contribution in [0.15, 0.2) is 102 Å². The van der Waals surface area contributed by atoms with Crippen molar-refractivity contribution in [2.75, 3.05) is 92.4 Å². The molecule has 2 unspecified atom stereocenters. The van der Waals surface area contributed by atoms with Gasteiger partial charge in [0.2, 0.25) is 0 Å². The standard InChI is InChI=1S/C30H38N2O11S.C22H32N2O7.C9H10O2/c33-25(24(16-20-4-2-1-3-5-20)31-30(34)42-28-19-41-29-23(28)10-13-40-29)18-32(43-21-8-11-37-12-9-21)44(35,36)22-6-7-26-27(17-22)39-15-14-38-26;25-19(13-23-31-16-6-9-27-10-7-16)18(12-15-4-2-1-3-5-15)24-22(26)30-20-14-29-21-17(20)8-11-28-21;1-7-2-3-8-9(6-7)11-5-4-10-8/h1-7,17,21,23-25,28-29,33H,8-16,18-19H2,(H,31,34);1-5,16-21,23,25H,6-14H2,(H,24,26);2-3,6H,4-5H2,1H3/t23-,24-,25+,28?,29+;17-,18-,19+,20?,21+;/m00./s1. The molecule has 6 saturated heterocycles. The third-order valence-electron chi connectivity index (χ3n) is 15.9. The number of nitrogens with zero attached hydrogens (tertiary/aromatic N) is 1. The molecule has 0 bridgehead atoms. The van der Waals surface area contributed by atoms with Crippen molar-refractivity contribution in [3.8, 4) is 23.0 Å². The number of aliphatic hydroxyl groups excluding tert-OH is 2. The Hall–Kier alpha value is -5.91. The first-order chi connectivity index (χ1) is 41.9. The van der Waals surface area contributed by atoms with Gasteiger partial charge in [-0.1, -0.05) is 71.2 Å². The summed E-state index contributed by atoms with van der Waals surface area (Å²) in [6, 6.07) is 27.8. The molecule has 0 radical (unpaired) electrons. The molecule has 470 valence electrons. The monoisotopic (exact) mass is 1220 g/mol. The van der Waals surface area contributed by atoms with Crippen molar-refractivity contribution in [1.82, 2.24) is 20.6 Å². The number of aryl methyl sites for hydroxylation is 1. The van der Waals surface area contributed by atoms with E-state index in [1.165, 1.54) is 23.8 Å². The van der Waals surface area contributed by atoms with Crippen LogP contribution in [0.5, 0.6) is 23.0 Å². The van der Waals surface area contributed by atoms with Crippen LogP contribution in [0, 0.1) is 18.8 Å². The Morgan fingerprint density at radius 1 is 0.570 bits per heavy atom. The second-order valence-corrected chi connectivity index (χ2v) is 23.9. The van der Waals surface area contributed by atoms with Crippen LogP contribution in [0.3, 0.4) is 0 Å². The molecular formula is C61H80N4O20S. The average Bonchev–Trinajstić information content (AvgIpc) is 2.12. The van der Waals surface area contributed by atoms with Crippen LogP contribution >= 0.6 is 0 Å². The third-order valence-corrected chi connectivity index (χ3v) is 17.5. The zero-order chi connectivity index (χ0) is 59.7. The highest BCUT2D eigenvalue weighted by atomic mass is 32.2. The van der Waals surface area contributed by atoms with Crippen LogP contribution in [0.2, 0.25) is 0 Å². The Labute approximate surface area is 501 Å². The maximum Gasteiger partial charge on any atom is 0.407 e. The second kappa shape index (κ2) is 31.3. The minimum absolute atomic E-state index is 0.0576. The quantitative estimate of drug-likeness (QED) is 0.0734. The van der Waals surface area contributed by atoms with E-state index in [2.05, 4.69) is 16.1 Å². The van der Waals surface area contributed by atoms with Gasteiger partial charge in [-0.3, -0.25) is 9.68 Å². The lowest BCUT2D eigenvalue weighted by Gasteiger charge is -2.32. The Morgan fingerprint density at radius 3 is 1.60 bits per heavy atom. The molecular weight excluding hydrogens is 1140 g/mol. The number of amides is 2. The minimum atomic E-state index is -4.29. The third kappa shape index (κ3) is 17.7. The first-order valence-electron chi connectivity index (χ1n) is 29.8. The van der Waals surface area contributed by atoms with Crippen LogP contribution < -0.4 is 35.1 Å². The van der Waals surface area contributed by atoms with Gasteiger partial charge in [0.1, 0.15) is 38.6 Å². The number of benzene rings is 4. The summed E-state index contributed by atoms with van der Waals surface area (Å²) in [5, 5.41) is 27.9. The molecule has 4 aromatic carbocycles. The summed E-state index contributed by atoms with van der Waals surface area (Å²) in [7, 11) is -4.29. The summed E-state index contributed by atoms with van der Waals surface area (Å²) in [5.74, 6) is 2.50. The lowest BCUT2D eigenvalue weighted by molar-refractivity contribution is -0.170. The highest BCUT2D eigenvalue weighted by Gasteiger charge is 2.46. The number of sulfonamides is 1.